The van der Waals surface area contributed by atoms with Crippen LogP contribution < -0.4 is 5.32 Å². The molecule has 4 atom stereocenters. The Labute approximate surface area is 291 Å². The standard InChI is InChI=1S/C41H63N5O2/c1-6-24-42-29-36-15-12-25-46(36)32-39(27-33-13-10-9-11-14-33)45(8-3)31-38(28-35-18-22-41(48)23-19-35)44(7-2)30-37(43(4)5)26-34-16-20-40(47)21-17-34/h9-11,13-14,16-23,36-39,42,47-48H,6-8,12,15,24-32H2,1-5H3. The first-order valence-corrected chi connectivity index (χ1v) is 18.5. The fraction of sp³-hybridized carbons (Fsp3) is 0.561. The molecule has 4 unspecified atom stereocenters. The Morgan fingerprint density at radius 1 is 0.708 bits per heavy atom. The quantitative estimate of drug-likeness (QED) is 0.123. The Morgan fingerprint density at radius 2 is 1.23 bits per heavy atom. The van der Waals surface area contributed by atoms with Gasteiger partial charge in [0.25, 0.3) is 0 Å². The van der Waals surface area contributed by atoms with Gasteiger partial charge in [-0.1, -0.05) is 75.4 Å². The van der Waals surface area contributed by atoms with Crippen LogP contribution in [-0.4, -0.2) is 120 Å². The lowest BCUT2D eigenvalue weighted by molar-refractivity contribution is 0.0773. The monoisotopic (exact) mass is 657 g/mol. The molecule has 1 aliphatic heterocycles. The molecule has 0 aromatic heterocycles. The summed E-state index contributed by atoms with van der Waals surface area (Å²) >= 11 is 0. The summed E-state index contributed by atoms with van der Waals surface area (Å²) in [5, 5.41) is 23.6. The van der Waals surface area contributed by atoms with Crippen LogP contribution in [0, 0.1) is 0 Å². The van der Waals surface area contributed by atoms with Gasteiger partial charge in [-0.2, -0.15) is 0 Å². The molecule has 0 saturated carbocycles. The van der Waals surface area contributed by atoms with Gasteiger partial charge in [0.05, 0.1) is 0 Å². The van der Waals surface area contributed by atoms with E-state index in [-0.39, 0.29) is 0 Å². The van der Waals surface area contributed by atoms with Crippen molar-refractivity contribution in [2.24, 2.45) is 0 Å². The summed E-state index contributed by atoms with van der Waals surface area (Å²) in [5.41, 5.74) is 3.91. The molecular formula is C41H63N5O2. The number of likely N-dealkylation sites (N-methyl/N-ethyl adjacent to an activating group) is 3. The SMILES string of the molecule is CCCNCC1CCCN1CC(Cc1ccccc1)N(CC)CC(Cc1ccc(O)cc1)N(CC)CC(Cc1ccc(O)cc1)N(C)C. The van der Waals surface area contributed by atoms with Gasteiger partial charge in [-0.15, -0.1) is 0 Å². The summed E-state index contributed by atoms with van der Waals surface area (Å²) < 4.78 is 0. The largest absolute Gasteiger partial charge is 0.508 e. The first kappa shape index (κ1) is 37.9. The molecule has 1 heterocycles. The Bertz CT molecular complexity index is 1290. The fourth-order valence-corrected chi connectivity index (χ4v) is 7.42. The summed E-state index contributed by atoms with van der Waals surface area (Å²) in [6.45, 7) is 15.2. The van der Waals surface area contributed by atoms with E-state index in [2.05, 4.69) is 102 Å². The van der Waals surface area contributed by atoms with Gasteiger partial charge in [0.2, 0.25) is 0 Å². The molecule has 48 heavy (non-hydrogen) atoms. The zero-order chi connectivity index (χ0) is 34.3. The smallest absolute Gasteiger partial charge is 0.115 e. The Hall–Kier alpha value is -2.94. The van der Waals surface area contributed by atoms with Crippen molar-refractivity contribution in [2.45, 2.75) is 83.5 Å². The van der Waals surface area contributed by atoms with E-state index < -0.39 is 0 Å². The van der Waals surface area contributed by atoms with Gasteiger partial charge in [0, 0.05) is 50.3 Å². The highest BCUT2D eigenvalue weighted by atomic mass is 16.3. The summed E-state index contributed by atoms with van der Waals surface area (Å²) in [5.74, 6) is 0.627. The second-order valence-electron chi connectivity index (χ2n) is 14.0. The Balaban J connectivity index is 1.60. The number of rotatable bonds is 21. The molecule has 1 saturated heterocycles. The fourth-order valence-electron chi connectivity index (χ4n) is 7.42. The van der Waals surface area contributed by atoms with Gasteiger partial charge >= 0.3 is 0 Å². The number of benzene rings is 3. The third kappa shape index (κ3) is 11.9. The van der Waals surface area contributed by atoms with E-state index in [0.717, 1.165) is 65.1 Å². The molecule has 4 rings (SSSR count). The van der Waals surface area contributed by atoms with Crippen LogP contribution in [0.2, 0.25) is 0 Å². The minimum atomic E-state index is 0.306. The number of phenolic OH excluding ortho intramolecular Hbond substituents is 2. The van der Waals surface area contributed by atoms with Crippen molar-refractivity contribution in [2.75, 3.05) is 66.5 Å². The third-order valence-electron chi connectivity index (χ3n) is 10.3. The molecule has 0 amide bonds. The van der Waals surface area contributed by atoms with Crippen LogP contribution in [0.25, 0.3) is 0 Å². The maximum absolute atomic E-state index is 10.1. The van der Waals surface area contributed by atoms with E-state index in [0.29, 0.717) is 35.7 Å². The molecule has 0 radical (unpaired) electrons. The molecule has 0 aliphatic carbocycles. The van der Waals surface area contributed by atoms with Crippen LogP contribution in [0.15, 0.2) is 78.9 Å². The number of hydrogen-bond acceptors (Lipinski definition) is 7. The molecule has 1 fully saturated rings. The second kappa shape index (κ2) is 19.9. The van der Waals surface area contributed by atoms with E-state index in [1.54, 1.807) is 12.1 Å². The molecule has 3 aromatic carbocycles. The van der Waals surface area contributed by atoms with Crippen LogP contribution in [0.1, 0.15) is 56.7 Å². The molecular weight excluding hydrogens is 594 g/mol. The molecule has 1 aliphatic rings. The highest BCUT2D eigenvalue weighted by Gasteiger charge is 2.31. The van der Waals surface area contributed by atoms with E-state index in [9.17, 15) is 10.2 Å². The average molecular weight is 658 g/mol. The first-order chi connectivity index (χ1) is 23.3. The van der Waals surface area contributed by atoms with E-state index in [1.807, 2.05) is 24.3 Å². The number of nitrogens with one attached hydrogen (secondary N) is 1. The van der Waals surface area contributed by atoms with Crippen molar-refractivity contribution in [3.8, 4) is 11.5 Å². The van der Waals surface area contributed by atoms with Crippen molar-refractivity contribution in [3.63, 3.8) is 0 Å². The van der Waals surface area contributed by atoms with E-state index in [4.69, 9.17) is 0 Å². The molecule has 264 valence electrons. The lowest BCUT2D eigenvalue weighted by Gasteiger charge is -2.42. The lowest BCUT2D eigenvalue weighted by atomic mass is 9.98. The van der Waals surface area contributed by atoms with Gasteiger partial charge < -0.3 is 20.4 Å². The predicted octanol–water partition coefficient (Wildman–Crippen LogP) is 5.90. The molecule has 3 N–H and O–H groups in total. The zero-order valence-electron chi connectivity index (χ0n) is 30.4. The summed E-state index contributed by atoms with van der Waals surface area (Å²) in [4.78, 5) is 10.6. The van der Waals surface area contributed by atoms with Crippen molar-refractivity contribution >= 4 is 0 Å². The molecule has 3 aromatic rings. The van der Waals surface area contributed by atoms with E-state index in [1.165, 1.54) is 42.5 Å². The first-order valence-electron chi connectivity index (χ1n) is 18.5. The zero-order valence-corrected chi connectivity index (χ0v) is 30.4. The Morgan fingerprint density at radius 3 is 1.79 bits per heavy atom. The third-order valence-corrected chi connectivity index (χ3v) is 10.3. The molecule has 7 nitrogen and oxygen atoms in total. The normalized spacial score (nSPS) is 17.4. The average Bonchev–Trinajstić information content (AvgIpc) is 3.53. The van der Waals surface area contributed by atoms with Crippen LogP contribution in [0.3, 0.4) is 0 Å². The molecule has 0 bridgehead atoms. The van der Waals surface area contributed by atoms with Gasteiger partial charge in [0.1, 0.15) is 11.5 Å². The highest BCUT2D eigenvalue weighted by Crippen LogP contribution is 2.23. The van der Waals surface area contributed by atoms with Crippen LogP contribution >= 0.6 is 0 Å². The topological polar surface area (TPSA) is 65.4 Å². The van der Waals surface area contributed by atoms with Crippen molar-refractivity contribution < 1.29 is 10.2 Å². The summed E-state index contributed by atoms with van der Waals surface area (Å²) in [6, 6.07) is 28.2. The number of phenols is 2. The molecule has 0 spiro atoms. The van der Waals surface area contributed by atoms with Crippen LogP contribution in [0.5, 0.6) is 11.5 Å². The van der Waals surface area contributed by atoms with Crippen LogP contribution in [-0.2, 0) is 19.3 Å². The van der Waals surface area contributed by atoms with Gasteiger partial charge in [-0.05, 0) is 120 Å². The summed E-state index contributed by atoms with van der Waals surface area (Å²) in [7, 11) is 4.37. The number of nitrogens with zero attached hydrogens (tertiary/aromatic N) is 4. The highest BCUT2D eigenvalue weighted by molar-refractivity contribution is 5.27. The van der Waals surface area contributed by atoms with Crippen molar-refractivity contribution in [3.05, 3.63) is 95.6 Å². The molecule has 7 heteroatoms. The minimum absolute atomic E-state index is 0.306. The number of likely N-dealkylation sites (tertiary alicyclic amines) is 1. The van der Waals surface area contributed by atoms with Gasteiger partial charge in [-0.3, -0.25) is 14.7 Å². The predicted molar refractivity (Wildman–Crippen MR) is 201 cm³/mol. The van der Waals surface area contributed by atoms with Crippen LogP contribution in [0.4, 0.5) is 0 Å². The minimum Gasteiger partial charge on any atom is -0.508 e. The number of aromatic hydroxyl groups is 2. The maximum Gasteiger partial charge on any atom is 0.115 e. The summed E-state index contributed by atoms with van der Waals surface area (Å²) in [6.07, 6.45) is 6.62. The van der Waals surface area contributed by atoms with E-state index >= 15 is 0 Å². The lowest BCUT2D eigenvalue weighted by Crippen LogP contribution is -2.55. The van der Waals surface area contributed by atoms with Crippen molar-refractivity contribution in [1.29, 1.82) is 0 Å². The number of hydrogen-bond donors (Lipinski definition) is 3. The van der Waals surface area contributed by atoms with Gasteiger partial charge in [-0.25, -0.2) is 0 Å². The Kier molecular flexibility index (Phi) is 15.7. The van der Waals surface area contributed by atoms with Crippen molar-refractivity contribution in [1.82, 2.24) is 24.9 Å². The maximum atomic E-state index is 10.1. The van der Waals surface area contributed by atoms with Gasteiger partial charge in [0.15, 0.2) is 0 Å². The second-order valence-corrected chi connectivity index (χ2v) is 14.0.